The van der Waals surface area contributed by atoms with Crippen LogP contribution in [0.15, 0.2) is 24.3 Å². The topological polar surface area (TPSA) is 46.2 Å². The minimum absolute atomic E-state index is 0.133. The number of nitrogens with one attached hydrogen (secondary N) is 1. The standard InChI is InChI=1S/C15H19NO2/c1-11(17)16-14-10-6-5-9-13(14)15(18)12-7-3-2-4-8-12/h5-6,9-10,12H,2-4,7-8H2,1H3,(H,16,17). The highest BCUT2D eigenvalue weighted by Crippen LogP contribution is 2.29. The summed E-state index contributed by atoms with van der Waals surface area (Å²) in [5.74, 6) is 0.173. The Morgan fingerprint density at radius 1 is 1.11 bits per heavy atom. The van der Waals surface area contributed by atoms with Crippen molar-refractivity contribution in [3.8, 4) is 0 Å². The average molecular weight is 245 g/mol. The van der Waals surface area contributed by atoms with Crippen molar-refractivity contribution < 1.29 is 9.59 Å². The fraction of sp³-hybridized carbons (Fsp3) is 0.467. The summed E-state index contributed by atoms with van der Waals surface area (Å²) in [6.45, 7) is 1.46. The first-order valence-corrected chi connectivity index (χ1v) is 6.59. The van der Waals surface area contributed by atoms with Crippen molar-refractivity contribution in [2.24, 2.45) is 5.92 Å². The van der Waals surface area contributed by atoms with Gasteiger partial charge in [-0.15, -0.1) is 0 Å². The van der Waals surface area contributed by atoms with Crippen LogP contribution in [0.1, 0.15) is 49.4 Å². The zero-order valence-corrected chi connectivity index (χ0v) is 10.7. The Hall–Kier alpha value is -1.64. The SMILES string of the molecule is CC(=O)Nc1ccccc1C(=O)C1CCCCC1. The van der Waals surface area contributed by atoms with Gasteiger partial charge in [0.25, 0.3) is 0 Å². The normalized spacial score (nSPS) is 16.3. The molecule has 1 saturated carbocycles. The van der Waals surface area contributed by atoms with E-state index >= 15 is 0 Å². The Kier molecular flexibility index (Phi) is 4.13. The number of Topliss-reactive ketones (excluding diaryl/α,β-unsaturated/α-hetero) is 1. The van der Waals surface area contributed by atoms with Gasteiger partial charge in [0.2, 0.25) is 5.91 Å². The van der Waals surface area contributed by atoms with Crippen molar-refractivity contribution in [1.29, 1.82) is 0 Å². The number of anilines is 1. The number of ketones is 1. The summed E-state index contributed by atoms with van der Waals surface area (Å²) in [4.78, 5) is 23.6. The number of para-hydroxylation sites is 1. The van der Waals surface area contributed by atoms with E-state index in [0.717, 1.165) is 25.7 Å². The molecule has 96 valence electrons. The van der Waals surface area contributed by atoms with Gasteiger partial charge in [-0.05, 0) is 25.0 Å². The molecule has 3 heteroatoms. The van der Waals surface area contributed by atoms with Crippen molar-refractivity contribution in [2.75, 3.05) is 5.32 Å². The van der Waals surface area contributed by atoms with Gasteiger partial charge in [-0.3, -0.25) is 9.59 Å². The molecule has 1 aromatic carbocycles. The predicted octanol–water partition coefficient (Wildman–Crippen LogP) is 3.41. The molecule has 1 aliphatic rings. The van der Waals surface area contributed by atoms with E-state index in [0.29, 0.717) is 11.3 Å². The van der Waals surface area contributed by atoms with Gasteiger partial charge >= 0.3 is 0 Å². The Morgan fingerprint density at radius 2 is 1.78 bits per heavy atom. The molecule has 0 bridgehead atoms. The highest BCUT2D eigenvalue weighted by molar-refractivity contribution is 6.05. The van der Waals surface area contributed by atoms with Crippen LogP contribution in [0.3, 0.4) is 0 Å². The number of rotatable bonds is 3. The lowest BCUT2D eigenvalue weighted by Gasteiger charge is -2.21. The predicted molar refractivity (Wildman–Crippen MR) is 71.7 cm³/mol. The Labute approximate surface area is 108 Å². The average Bonchev–Trinajstić information content (AvgIpc) is 2.39. The van der Waals surface area contributed by atoms with Crippen LogP contribution in [0.4, 0.5) is 5.69 Å². The molecule has 0 unspecified atom stereocenters. The molecule has 1 amide bonds. The van der Waals surface area contributed by atoms with E-state index in [4.69, 9.17) is 0 Å². The molecule has 3 nitrogen and oxygen atoms in total. The third-order valence-electron chi connectivity index (χ3n) is 3.48. The molecule has 0 aliphatic heterocycles. The van der Waals surface area contributed by atoms with E-state index in [2.05, 4.69) is 5.32 Å². The first-order valence-electron chi connectivity index (χ1n) is 6.59. The van der Waals surface area contributed by atoms with Crippen molar-refractivity contribution in [3.63, 3.8) is 0 Å². The van der Waals surface area contributed by atoms with Crippen LogP contribution in [-0.4, -0.2) is 11.7 Å². The molecule has 0 saturated heterocycles. The van der Waals surface area contributed by atoms with E-state index in [-0.39, 0.29) is 17.6 Å². The molecule has 0 aromatic heterocycles. The van der Waals surface area contributed by atoms with E-state index in [9.17, 15) is 9.59 Å². The fourth-order valence-electron chi connectivity index (χ4n) is 2.58. The van der Waals surface area contributed by atoms with Gasteiger partial charge in [-0.2, -0.15) is 0 Å². The van der Waals surface area contributed by atoms with Crippen molar-refractivity contribution >= 4 is 17.4 Å². The quantitative estimate of drug-likeness (QED) is 0.829. The van der Waals surface area contributed by atoms with E-state index in [1.807, 2.05) is 18.2 Å². The Balaban J connectivity index is 2.20. The third-order valence-corrected chi connectivity index (χ3v) is 3.48. The van der Waals surface area contributed by atoms with Crippen molar-refractivity contribution in [2.45, 2.75) is 39.0 Å². The lowest BCUT2D eigenvalue weighted by molar-refractivity contribution is -0.114. The van der Waals surface area contributed by atoms with Crippen LogP contribution < -0.4 is 5.32 Å². The second-order valence-corrected chi connectivity index (χ2v) is 4.93. The van der Waals surface area contributed by atoms with E-state index < -0.39 is 0 Å². The number of benzene rings is 1. The van der Waals surface area contributed by atoms with Gasteiger partial charge in [-0.1, -0.05) is 31.4 Å². The Bertz CT molecular complexity index is 448. The first-order chi connectivity index (χ1) is 8.68. The highest BCUT2D eigenvalue weighted by atomic mass is 16.1. The summed E-state index contributed by atoms with van der Waals surface area (Å²) in [7, 11) is 0. The summed E-state index contributed by atoms with van der Waals surface area (Å²) in [6, 6.07) is 7.28. The highest BCUT2D eigenvalue weighted by Gasteiger charge is 2.24. The maximum absolute atomic E-state index is 12.5. The maximum atomic E-state index is 12.5. The number of hydrogen-bond donors (Lipinski definition) is 1. The summed E-state index contributed by atoms with van der Waals surface area (Å²) in [5.41, 5.74) is 1.29. The Morgan fingerprint density at radius 3 is 2.44 bits per heavy atom. The molecular weight excluding hydrogens is 226 g/mol. The number of hydrogen-bond acceptors (Lipinski definition) is 2. The van der Waals surface area contributed by atoms with Gasteiger partial charge in [-0.25, -0.2) is 0 Å². The van der Waals surface area contributed by atoms with Gasteiger partial charge in [0.1, 0.15) is 0 Å². The maximum Gasteiger partial charge on any atom is 0.221 e. The molecule has 0 heterocycles. The lowest BCUT2D eigenvalue weighted by Crippen LogP contribution is -2.20. The number of amides is 1. The molecule has 1 N–H and O–H groups in total. The summed E-state index contributed by atoms with van der Waals surface area (Å²) in [5, 5.41) is 2.73. The van der Waals surface area contributed by atoms with Crippen LogP contribution in [0, 0.1) is 5.92 Å². The largest absolute Gasteiger partial charge is 0.326 e. The summed E-state index contributed by atoms with van der Waals surface area (Å²) < 4.78 is 0. The first kappa shape index (κ1) is 12.8. The molecule has 1 fully saturated rings. The minimum atomic E-state index is -0.140. The molecule has 1 aliphatic carbocycles. The molecule has 0 radical (unpaired) electrons. The van der Waals surface area contributed by atoms with Crippen LogP contribution >= 0.6 is 0 Å². The van der Waals surface area contributed by atoms with E-state index in [1.54, 1.807) is 6.07 Å². The van der Waals surface area contributed by atoms with Gasteiger partial charge in [0, 0.05) is 18.4 Å². The summed E-state index contributed by atoms with van der Waals surface area (Å²) >= 11 is 0. The fourth-order valence-corrected chi connectivity index (χ4v) is 2.58. The van der Waals surface area contributed by atoms with Gasteiger partial charge in [0.15, 0.2) is 5.78 Å². The van der Waals surface area contributed by atoms with Crippen LogP contribution in [0.5, 0.6) is 0 Å². The second-order valence-electron chi connectivity index (χ2n) is 4.93. The van der Waals surface area contributed by atoms with Crippen LogP contribution in [0.2, 0.25) is 0 Å². The molecule has 0 atom stereocenters. The molecule has 1 aromatic rings. The smallest absolute Gasteiger partial charge is 0.221 e. The molecule has 18 heavy (non-hydrogen) atoms. The minimum Gasteiger partial charge on any atom is -0.326 e. The summed E-state index contributed by atoms with van der Waals surface area (Å²) in [6.07, 6.45) is 5.47. The van der Waals surface area contributed by atoms with Crippen LogP contribution in [-0.2, 0) is 4.79 Å². The molecular formula is C15H19NO2. The lowest BCUT2D eigenvalue weighted by atomic mass is 9.83. The van der Waals surface area contributed by atoms with Gasteiger partial charge in [0.05, 0.1) is 5.69 Å². The zero-order valence-electron chi connectivity index (χ0n) is 10.7. The van der Waals surface area contributed by atoms with Crippen LogP contribution in [0.25, 0.3) is 0 Å². The number of carbonyl (C=O) groups excluding carboxylic acids is 2. The van der Waals surface area contributed by atoms with Crippen molar-refractivity contribution in [1.82, 2.24) is 0 Å². The van der Waals surface area contributed by atoms with E-state index in [1.165, 1.54) is 13.3 Å². The monoisotopic (exact) mass is 245 g/mol. The second kappa shape index (κ2) is 5.80. The molecule has 0 spiro atoms. The van der Waals surface area contributed by atoms with Gasteiger partial charge < -0.3 is 5.32 Å². The molecule has 2 rings (SSSR count). The van der Waals surface area contributed by atoms with Crippen molar-refractivity contribution in [3.05, 3.63) is 29.8 Å². The third kappa shape index (κ3) is 2.97. The number of carbonyl (C=O) groups is 2. The zero-order chi connectivity index (χ0) is 13.0.